The molecule has 172 valence electrons. The van der Waals surface area contributed by atoms with Gasteiger partial charge in [-0.3, -0.25) is 0 Å². The number of rotatable bonds is 0. The van der Waals surface area contributed by atoms with Crippen LogP contribution in [-0.4, -0.2) is 0 Å². The second-order valence-corrected chi connectivity index (χ2v) is 11.8. The van der Waals surface area contributed by atoms with Crippen molar-refractivity contribution in [2.24, 2.45) is 0 Å². The van der Waals surface area contributed by atoms with E-state index in [4.69, 9.17) is 0 Å². The molecule has 0 spiro atoms. The summed E-state index contributed by atoms with van der Waals surface area (Å²) in [6.07, 6.45) is 0. The van der Waals surface area contributed by atoms with Crippen molar-refractivity contribution in [3.05, 3.63) is 119 Å². The topological polar surface area (TPSA) is 0 Å². The number of hydrogen-bond acceptors (Lipinski definition) is 0. The molecule has 0 saturated heterocycles. The van der Waals surface area contributed by atoms with Crippen molar-refractivity contribution in [2.75, 3.05) is 0 Å². The van der Waals surface area contributed by atoms with E-state index >= 15 is 0 Å². The lowest BCUT2D eigenvalue weighted by atomic mass is 9.77. The predicted molar refractivity (Wildman–Crippen MR) is 154 cm³/mol. The van der Waals surface area contributed by atoms with Gasteiger partial charge in [0.2, 0.25) is 0 Å². The van der Waals surface area contributed by atoms with Crippen molar-refractivity contribution >= 4 is 32.3 Å². The average Bonchev–Trinajstić information content (AvgIpc) is 3.26. The molecule has 0 saturated carbocycles. The Labute approximate surface area is 212 Å². The molecule has 2 aliphatic rings. The van der Waals surface area contributed by atoms with Gasteiger partial charge in [-0.2, -0.15) is 0 Å². The Balaban J connectivity index is 1.51. The summed E-state index contributed by atoms with van der Waals surface area (Å²) in [7, 11) is 0. The highest BCUT2D eigenvalue weighted by Crippen LogP contribution is 2.57. The molecule has 6 aromatic carbocycles. The summed E-state index contributed by atoms with van der Waals surface area (Å²) in [5, 5.41) is 8.08. The van der Waals surface area contributed by atoms with Gasteiger partial charge in [-0.15, -0.1) is 0 Å². The Bertz CT molecular complexity index is 1930. The molecule has 0 fully saturated rings. The summed E-state index contributed by atoms with van der Waals surface area (Å²) >= 11 is 0. The minimum absolute atomic E-state index is 0.0168. The van der Waals surface area contributed by atoms with Crippen molar-refractivity contribution in [1.29, 1.82) is 0 Å². The van der Waals surface area contributed by atoms with Crippen LogP contribution in [0.4, 0.5) is 0 Å². The van der Waals surface area contributed by atoms with Crippen LogP contribution >= 0.6 is 0 Å². The lowest BCUT2D eigenvalue weighted by molar-refractivity contribution is 0.639. The molecule has 0 heterocycles. The van der Waals surface area contributed by atoms with Crippen molar-refractivity contribution in [2.45, 2.75) is 38.5 Å². The molecule has 0 amide bonds. The first-order chi connectivity index (χ1) is 17.4. The summed E-state index contributed by atoms with van der Waals surface area (Å²) in [5.74, 6) is 0. The van der Waals surface area contributed by atoms with Crippen LogP contribution in [0.2, 0.25) is 0 Å². The Morgan fingerprint density at radius 2 is 0.750 bits per heavy atom. The van der Waals surface area contributed by atoms with Gasteiger partial charge in [0.05, 0.1) is 0 Å². The van der Waals surface area contributed by atoms with E-state index in [2.05, 4.69) is 125 Å². The Morgan fingerprint density at radius 3 is 1.39 bits per heavy atom. The van der Waals surface area contributed by atoms with Gasteiger partial charge in [0, 0.05) is 10.8 Å². The molecule has 36 heavy (non-hydrogen) atoms. The minimum atomic E-state index is -0.0501. The molecule has 2 aliphatic carbocycles. The summed E-state index contributed by atoms with van der Waals surface area (Å²) in [6.45, 7) is 9.58. The average molecular weight is 461 g/mol. The van der Waals surface area contributed by atoms with Crippen LogP contribution in [0, 0.1) is 0 Å². The fourth-order valence-electron chi connectivity index (χ4n) is 7.32. The quantitative estimate of drug-likeness (QED) is 0.198. The zero-order valence-corrected chi connectivity index (χ0v) is 21.2. The summed E-state index contributed by atoms with van der Waals surface area (Å²) in [5.41, 5.74) is 11.4. The molecule has 0 aromatic heterocycles. The first-order valence-corrected chi connectivity index (χ1v) is 13.0. The fourth-order valence-corrected chi connectivity index (χ4v) is 7.32. The van der Waals surface area contributed by atoms with Crippen LogP contribution in [0.5, 0.6) is 0 Å². The van der Waals surface area contributed by atoms with Gasteiger partial charge in [-0.25, -0.2) is 0 Å². The SMILES string of the molecule is CC1(C)c2ccccc2-c2cc3c(cc21)C(C)(C)c1cc2c4ccccc4c4ccccc4c2cc1-3. The van der Waals surface area contributed by atoms with Crippen molar-refractivity contribution in [1.82, 2.24) is 0 Å². The maximum atomic E-state index is 2.53. The van der Waals surface area contributed by atoms with Gasteiger partial charge >= 0.3 is 0 Å². The predicted octanol–water partition coefficient (Wildman–Crippen LogP) is 9.76. The number of benzene rings is 6. The standard InChI is InChI=1S/C36H28/c1-35(2)31-16-10-9-15-25(31)28-18-30-29-17-26-23-13-7-5-11-21(23)22-12-6-8-14-24(22)27(26)19-32(29)36(3,4)34(30)20-33(28)35/h5-20H,1-4H3. The van der Waals surface area contributed by atoms with Crippen LogP contribution in [0.3, 0.4) is 0 Å². The van der Waals surface area contributed by atoms with Crippen LogP contribution < -0.4 is 0 Å². The van der Waals surface area contributed by atoms with Crippen LogP contribution in [-0.2, 0) is 10.8 Å². The second-order valence-electron chi connectivity index (χ2n) is 11.8. The second kappa shape index (κ2) is 6.45. The van der Waals surface area contributed by atoms with Gasteiger partial charge in [0.25, 0.3) is 0 Å². The molecule has 0 atom stereocenters. The van der Waals surface area contributed by atoms with Gasteiger partial charge in [0.15, 0.2) is 0 Å². The third-order valence-corrected chi connectivity index (χ3v) is 9.24. The molecule has 0 nitrogen and oxygen atoms in total. The van der Waals surface area contributed by atoms with Gasteiger partial charge in [0.1, 0.15) is 0 Å². The molecule has 0 radical (unpaired) electrons. The number of hydrogen-bond donors (Lipinski definition) is 0. The van der Waals surface area contributed by atoms with Crippen LogP contribution in [0.25, 0.3) is 54.6 Å². The van der Waals surface area contributed by atoms with E-state index in [1.165, 1.54) is 76.8 Å². The highest BCUT2D eigenvalue weighted by molar-refractivity contribution is 6.26. The largest absolute Gasteiger partial charge is 0.0619 e. The smallest absolute Gasteiger partial charge is 0.0159 e. The van der Waals surface area contributed by atoms with E-state index in [1.807, 2.05) is 0 Å². The monoisotopic (exact) mass is 460 g/mol. The highest BCUT2D eigenvalue weighted by Gasteiger charge is 2.41. The maximum absolute atomic E-state index is 2.53. The van der Waals surface area contributed by atoms with E-state index in [-0.39, 0.29) is 10.8 Å². The van der Waals surface area contributed by atoms with Gasteiger partial charge < -0.3 is 0 Å². The molecule has 6 aromatic rings. The van der Waals surface area contributed by atoms with Crippen molar-refractivity contribution in [3.8, 4) is 22.3 Å². The lowest BCUT2D eigenvalue weighted by Gasteiger charge is -2.26. The normalized spacial score (nSPS) is 16.2. The minimum Gasteiger partial charge on any atom is -0.0619 e. The zero-order chi connectivity index (χ0) is 24.4. The molecule has 0 unspecified atom stereocenters. The molecule has 0 heteroatoms. The molecule has 8 rings (SSSR count). The zero-order valence-electron chi connectivity index (χ0n) is 21.2. The van der Waals surface area contributed by atoms with Gasteiger partial charge in [-0.1, -0.05) is 107 Å². The Morgan fingerprint density at radius 1 is 0.333 bits per heavy atom. The van der Waals surface area contributed by atoms with Crippen LogP contribution in [0.1, 0.15) is 49.9 Å². The summed E-state index contributed by atoms with van der Waals surface area (Å²) in [6, 6.07) is 36.8. The van der Waals surface area contributed by atoms with E-state index < -0.39 is 0 Å². The molecular formula is C36H28. The van der Waals surface area contributed by atoms with Crippen molar-refractivity contribution in [3.63, 3.8) is 0 Å². The van der Waals surface area contributed by atoms with E-state index in [1.54, 1.807) is 0 Å². The molecular weight excluding hydrogens is 432 g/mol. The third-order valence-electron chi connectivity index (χ3n) is 9.24. The summed E-state index contributed by atoms with van der Waals surface area (Å²) < 4.78 is 0. The fraction of sp³-hybridized carbons (Fsp3) is 0.167. The van der Waals surface area contributed by atoms with Crippen molar-refractivity contribution < 1.29 is 0 Å². The van der Waals surface area contributed by atoms with Gasteiger partial charge in [-0.05, 0) is 95.0 Å². The Hall–Kier alpha value is -3.90. The van der Waals surface area contributed by atoms with Crippen LogP contribution in [0.15, 0.2) is 97.1 Å². The first kappa shape index (κ1) is 20.3. The molecule has 0 aliphatic heterocycles. The molecule has 0 N–H and O–H groups in total. The maximum Gasteiger partial charge on any atom is 0.0159 e. The third kappa shape index (κ3) is 2.31. The Kier molecular flexibility index (Phi) is 3.64. The first-order valence-electron chi connectivity index (χ1n) is 13.0. The highest BCUT2D eigenvalue weighted by atomic mass is 14.4. The number of fused-ring (bicyclic) bond motifs is 12. The lowest BCUT2D eigenvalue weighted by Crippen LogP contribution is -2.18. The van der Waals surface area contributed by atoms with E-state index in [9.17, 15) is 0 Å². The van der Waals surface area contributed by atoms with E-state index in [0.29, 0.717) is 0 Å². The van der Waals surface area contributed by atoms with E-state index in [0.717, 1.165) is 0 Å². The summed E-state index contributed by atoms with van der Waals surface area (Å²) in [4.78, 5) is 0. The molecule has 0 bridgehead atoms.